The van der Waals surface area contributed by atoms with Crippen LogP contribution in [0.3, 0.4) is 0 Å². The molecule has 2 heterocycles. The first-order chi connectivity index (χ1) is 12.5. The first-order valence-electron chi connectivity index (χ1n) is 8.27. The Balaban J connectivity index is 0.00000140. The van der Waals surface area contributed by atoms with Crippen molar-refractivity contribution in [2.45, 2.75) is 25.7 Å². The Morgan fingerprint density at radius 1 is 1.38 bits per heavy atom. The molecule has 1 fully saturated rings. The summed E-state index contributed by atoms with van der Waals surface area (Å²) < 4.78 is 0. The average Bonchev–Trinajstić information content (AvgIpc) is 3.37. The van der Waals surface area contributed by atoms with Crippen LogP contribution in [0.1, 0.15) is 43.2 Å². The SMILES string of the molecule is Cc1cnc(-c2ccc(Cl)c(C(N)=O)c2)nc1Nc1cc(C2CC2)[nH]n1.[HH].[HH]. The van der Waals surface area contributed by atoms with Crippen molar-refractivity contribution in [3.63, 3.8) is 0 Å². The number of H-pyrrole nitrogens is 1. The lowest BCUT2D eigenvalue weighted by Gasteiger charge is -2.09. The van der Waals surface area contributed by atoms with E-state index in [1.54, 1.807) is 24.4 Å². The van der Waals surface area contributed by atoms with E-state index >= 15 is 0 Å². The van der Waals surface area contributed by atoms with Crippen molar-refractivity contribution in [3.8, 4) is 11.4 Å². The normalized spacial score (nSPS) is 13.6. The van der Waals surface area contributed by atoms with Crippen LogP contribution in [0.15, 0.2) is 30.5 Å². The minimum absolute atomic E-state index is 0. The summed E-state index contributed by atoms with van der Waals surface area (Å²) in [5.74, 6) is 1.84. The van der Waals surface area contributed by atoms with Gasteiger partial charge in [-0.15, -0.1) is 0 Å². The van der Waals surface area contributed by atoms with Crippen molar-refractivity contribution in [2.75, 3.05) is 5.32 Å². The van der Waals surface area contributed by atoms with E-state index in [9.17, 15) is 4.79 Å². The van der Waals surface area contributed by atoms with Gasteiger partial charge in [0.25, 0.3) is 0 Å². The van der Waals surface area contributed by atoms with Crippen LogP contribution in [0.4, 0.5) is 11.6 Å². The number of anilines is 2. The fourth-order valence-corrected chi connectivity index (χ4v) is 2.90. The third-order valence-corrected chi connectivity index (χ3v) is 4.65. The molecule has 8 heteroatoms. The number of benzene rings is 1. The number of aromatic amines is 1. The molecule has 3 aromatic rings. The third kappa shape index (κ3) is 3.25. The molecule has 0 aliphatic heterocycles. The molecule has 1 saturated carbocycles. The number of amides is 1. The molecule has 0 unspecified atom stereocenters. The Morgan fingerprint density at radius 3 is 2.92 bits per heavy atom. The zero-order valence-electron chi connectivity index (χ0n) is 14.1. The number of primary amides is 1. The lowest BCUT2D eigenvalue weighted by atomic mass is 10.1. The number of aryl methyl sites for hydroxylation is 1. The average molecular weight is 373 g/mol. The van der Waals surface area contributed by atoms with Gasteiger partial charge in [-0.25, -0.2) is 9.97 Å². The van der Waals surface area contributed by atoms with Gasteiger partial charge in [0.1, 0.15) is 5.82 Å². The molecule has 26 heavy (non-hydrogen) atoms. The number of halogens is 1. The van der Waals surface area contributed by atoms with E-state index in [1.165, 1.54) is 12.8 Å². The smallest absolute Gasteiger partial charge is 0.250 e. The van der Waals surface area contributed by atoms with Crippen LogP contribution in [-0.2, 0) is 0 Å². The summed E-state index contributed by atoms with van der Waals surface area (Å²) in [6.45, 7) is 1.91. The zero-order valence-corrected chi connectivity index (χ0v) is 14.8. The maximum atomic E-state index is 11.5. The van der Waals surface area contributed by atoms with Crippen LogP contribution < -0.4 is 11.1 Å². The van der Waals surface area contributed by atoms with E-state index in [0.717, 1.165) is 11.3 Å². The standard InChI is InChI=1S/C18H17ClN6O.2H2/c1-9-8-21-18(11-4-5-13(19)12(6-11)16(20)26)23-17(9)22-15-7-14(24-25-15)10-2-3-10;;/h4-8,10H,2-3H2,1H3,(H2,20,26)(H2,21,22,23,24,25);2*1H. The van der Waals surface area contributed by atoms with Crippen molar-refractivity contribution in [1.29, 1.82) is 0 Å². The molecule has 4 N–H and O–H groups in total. The van der Waals surface area contributed by atoms with Gasteiger partial charge in [-0.1, -0.05) is 11.6 Å². The summed E-state index contributed by atoms with van der Waals surface area (Å²) in [4.78, 5) is 20.4. The third-order valence-electron chi connectivity index (χ3n) is 4.32. The highest BCUT2D eigenvalue weighted by Crippen LogP contribution is 2.39. The van der Waals surface area contributed by atoms with Crippen LogP contribution in [0.2, 0.25) is 5.02 Å². The molecule has 0 radical (unpaired) electrons. The summed E-state index contributed by atoms with van der Waals surface area (Å²) >= 11 is 6.01. The quantitative estimate of drug-likeness (QED) is 0.626. The van der Waals surface area contributed by atoms with E-state index in [2.05, 4.69) is 25.5 Å². The molecule has 1 aliphatic rings. The highest BCUT2D eigenvalue weighted by molar-refractivity contribution is 6.33. The lowest BCUT2D eigenvalue weighted by Crippen LogP contribution is -2.11. The first-order valence-corrected chi connectivity index (χ1v) is 8.65. The number of nitrogens with zero attached hydrogens (tertiary/aromatic N) is 3. The van der Waals surface area contributed by atoms with Gasteiger partial charge in [-0.2, -0.15) is 5.10 Å². The lowest BCUT2D eigenvalue weighted by molar-refractivity contribution is 0.100. The van der Waals surface area contributed by atoms with Gasteiger partial charge >= 0.3 is 0 Å². The highest BCUT2D eigenvalue weighted by atomic mass is 35.5. The molecule has 136 valence electrons. The molecular weight excluding hydrogens is 352 g/mol. The second-order valence-electron chi connectivity index (χ2n) is 6.39. The number of nitrogens with two attached hydrogens (primary N) is 1. The van der Waals surface area contributed by atoms with Crippen LogP contribution in [0.5, 0.6) is 0 Å². The monoisotopic (exact) mass is 372 g/mol. The molecule has 0 bridgehead atoms. The number of rotatable bonds is 5. The van der Waals surface area contributed by atoms with Gasteiger partial charge in [-0.05, 0) is 38.0 Å². The van der Waals surface area contributed by atoms with E-state index in [0.29, 0.717) is 34.0 Å². The van der Waals surface area contributed by atoms with E-state index < -0.39 is 5.91 Å². The summed E-state index contributed by atoms with van der Waals surface area (Å²) in [6.07, 6.45) is 4.13. The number of nitrogens with one attached hydrogen (secondary N) is 2. The summed E-state index contributed by atoms with van der Waals surface area (Å²) in [6, 6.07) is 6.97. The minimum Gasteiger partial charge on any atom is -0.366 e. The van der Waals surface area contributed by atoms with Crippen molar-refractivity contribution in [1.82, 2.24) is 20.2 Å². The Bertz CT molecular complexity index is 1010. The van der Waals surface area contributed by atoms with E-state index in [1.807, 2.05) is 13.0 Å². The molecule has 0 spiro atoms. The van der Waals surface area contributed by atoms with Crippen LogP contribution in [-0.4, -0.2) is 26.1 Å². The maximum Gasteiger partial charge on any atom is 0.250 e. The number of aromatic nitrogens is 4. The second kappa shape index (κ2) is 6.42. The van der Waals surface area contributed by atoms with Crippen LogP contribution in [0.25, 0.3) is 11.4 Å². The summed E-state index contributed by atoms with van der Waals surface area (Å²) in [7, 11) is 0. The Hall–Kier alpha value is -2.93. The minimum atomic E-state index is -0.591. The molecule has 1 aliphatic carbocycles. The Kier molecular flexibility index (Phi) is 4.08. The highest BCUT2D eigenvalue weighted by Gasteiger charge is 2.25. The summed E-state index contributed by atoms with van der Waals surface area (Å²) in [5, 5.41) is 10.9. The van der Waals surface area contributed by atoms with Crippen molar-refractivity contribution in [3.05, 3.63) is 52.3 Å². The molecule has 1 amide bonds. The van der Waals surface area contributed by atoms with Gasteiger partial charge in [0, 0.05) is 37.9 Å². The van der Waals surface area contributed by atoms with Crippen molar-refractivity contribution < 1.29 is 7.65 Å². The molecule has 7 nitrogen and oxygen atoms in total. The first kappa shape index (κ1) is 16.5. The topological polar surface area (TPSA) is 110 Å². The fraction of sp³-hybridized carbons (Fsp3) is 0.222. The van der Waals surface area contributed by atoms with E-state index in [-0.39, 0.29) is 8.42 Å². The molecule has 0 atom stereocenters. The molecule has 2 aromatic heterocycles. The van der Waals surface area contributed by atoms with Gasteiger partial charge in [0.05, 0.1) is 10.6 Å². The number of hydrogen-bond acceptors (Lipinski definition) is 5. The van der Waals surface area contributed by atoms with Crippen molar-refractivity contribution in [2.24, 2.45) is 5.73 Å². The Morgan fingerprint density at radius 2 is 2.19 bits per heavy atom. The second-order valence-corrected chi connectivity index (χ2v) is 6.80. The fourth-order valence-electron chi connectivity index (χ4n) is 2.69. The van der Waals surface area contributed by atoms with Crippen molar-refractivity contribution >= 4 is 29.1 Å². The predicted molar refractivity (Wildman–Crippen MR) is 104 cm³/mol. The van der Waals surface area contributed by atoms with Crippen LogP contribution >= 0.6 is 11.6 Å². The van der Waals surface area contributed by atoms with Gasteiger partial charge in [0.2, 0.25) is 5.91 Å². The van der Waals surface area contributed by atoms with Crippen LogP contribution in [0, 0.1) is 6.92 Å². The van der Waals surface area contributed by atoms with Gasteiger partial charge in [-0.3, -0.25) is 9.89 Å². The molecule has 0 saturated heterocycles. The molecule has 4 rings (SSSR count). The van der Waals surface area contributed by atoms with E-state index in [4.69, 9.17) is 17.3 Å². The van der Waals surface area contributed by atoms with Gasteiger partial charge in [0.15, 0.2) is 11.6 Å². The summed E-state index contributed by atoms with van der Waals surface area (Å²) in [5.41, 5.74) is 8.29. The molecule has 1 aromatic carbocycles. The van der Waals surface area contributed by atoms with Gasteiger partial charge < -0.3 is 11.1 Å². The maximum absolute atomic E-state index is 11.5. The Labute approximate surface area is 158 Å². The molecular formula is C18H21ClN6O. The number of carbonyl (C=O) groups excluding carboxylic acids is 1. The number of carbonyl (C=O) groups is 1. The predicted octanol–water partition coefficient (Wildman–Crippen LogP) is 4.04. The number of hydrogen-bond donors (Lipinski definition) is 3. The zero-order chi connectivity index (χ0) is 18.3. The largest absolute Gasteiger partial charge is 0.366 e.